The topological polar surface area (TPSA) is 37.4 Å². The van der Waals surface area contributed by atoms with Gasteiger partial charge in [0.05, 0.1) is 5.25 Å². The number of hydrogen-bond donors (Lipinski definition) is 0. The summed E-state index contributed by atoms with van der Waals surface area (Å²) < 4.78 is 25.9. The minimum absolute atomic E-state index is 0.139. The van der Waals surface area contributed by atoms with E-state index in [1.165, 1.54) is 5.56 Å². The van der Waals surface area contributed by atoms with E-state index in [-0.39, 0.29) is 5.88 Å². The number of nitrogens with zero attached hydrogens (tertiary/aromatic N) is 1. The standard InChI is InChI=1S/C12H16ClNO2S/c1-10(8-13)17(15,16)14-7-6-11-4-2-3-5-12(11)9-14/h2-5,10H,6-9H2,1H3. The van der Waals surface area contributed by atoms with Crippen molar-refractivity contribution < 1.29 is 8.42 Å². The molecule has 1 atom stereocenters. The fourth-order valence-electron chi connectivity index (χ4n) is 2.02. The molecule has 0 radical (unpaired) electrons. The third kappa shape index (κ3) is 2.49. The molecule has 3 nitrogen and oxygen atoms in total. The molecule has 1 aromatic carbocycles. The van der Waals surface area contributed by atoms with Crippen LogP contribution >= 0.6 is 11.6 Å². The van der Waals surface area contributed by atoms with Crippen molar-refractivity contribution in [1.82, 2.24) is 4.31 Å². The van der Waals surface area contributed by atoms with Gasteiger partial charge in [-0.25, -0.2) is 8.42 Å². The van der Waals surface area contributed by atoms with Gasteiger partial charge in [0.15, 0.2) is 0 Å². The lowest BCUT2D eigenvalue weighted by molar-refractivity contribution is 0.387. The second kappa shape index (κ2) is 4.96. The van der Waals surface area contributed by atoms with Gasteiger partial charge in [-0.05, 0) is 24.5 Å². The van der Waals surface area contributed by atoms with Gasteiger partial charge in [0.1, 0.15) is 0 Å². The zero-order valence-corrected chi connectivity index (χ0v) is 11.3. The van der Waals surface area contributed by atoms with Crippen LogP contribution in [-0.2, 0) is 23.0 Å². The van der Waals surface area contributed by atoms with E-state index in [0.717, 1.165) is 12.0 Å². The van der Waals surface area contributed by atoms with Crippen molar-refractivity contribution in [2.24, 2.45) is 0 Å². The lowest BCUT2D eigenvalue weighted by atomic mass is 10.0. The van der Waals surface area contributed by atoms with Crippen LogP contribution in [0, 0.1) is 0 Å². The first kappa shape index (κ1) is 12.9. The molecule has 94 valence electrons. The van der Waals surface area contributed by atoms with Crippen LogP contribution in [0.15, 0.2) is 24.3 Å². The Bertz CT molecular complexity index is 501. The molecular weight excluding hydrogens is 258 g/mol. The summed E-state index contributed by atoms with van der Waals surface area (Å²) in [6.07, 6.45) is 0.782. The molecular formula is C12H16ClNO2S. The molecule has 0 aliphatic carbocycles. The molecule has 17 heavy (non-hydrogen) atoms. The largest absolute Gasteiger partial charge is 0.218 e. The number of sulfonamides is 1. The van der Waals surface area contributed by atoms with Crippen molar-refractivity contribution in [2.45, 2.75) is 25.1 Å². The molecule has 0 saturated heterocycles. The first-order valence-electron chi connectivity index (χ1n) is 5.67. The van der Waals surface area contributed by atoms with Crippen LogP contribution in [0.25, 0.3) is 0 Å². The van der Waals surface area contributed by atoms with Gasteiger partial charge in [0.2, 0.25) is 10.0 Å². The first-order chi connectivity index (χ1) is 8.05. The van der Waals surface area contributed by atoms with E-state index in [0.29, 0.717) is 13.1 Å². The Balaban J connectivity index is 2.24. The minimum atomic E-state index is -3.25. The van der Waals surface area contributed by atoms with Gasteiger partial charge < -0.3 is 0 Å². The maximum absolute atomic E-state index is 12.2. The third-order valence-electron chi connectivity index (χ3n) is 3.18. The van der Waals surface area contributed by atoms with Crippen LogP contribution < -0.4 is 0 Å². The van der Waals surface area contributed by atoms with Gasteiger partial charge in [-0.3, -0.25) is 0 Å². The van der Waals surface area contributed by atoms with Gasteiger partial charge >= 0.3 is 0 Å². The van der Waals surface area contributed by atoms with Crippen LogP contribution in [-0.4, -0.2) is 30.4 Å². The fraction of sp³-hybridized carbons (Fsp3) is 0.500. The summed E-state index contributed by atoms with van der Waals surface area (Å²) in [6.45, 7) is 2.68. The van der Waals surface area contributed by atoms with Crippen LogP contribution in [0.2, 0.25) is 0 Å². The fourth-order valence-corrected chi connectivity index (χ4v) is 3.83. The van der Waals surface area contributed by atoms with E-state index >= 15 is 0 Å². The van der Waals surface area contributed by atoms with E-state index in [1.54, 1.807) is 11.2 Å². The first-order valence-corrected chi connectivity index (χ1v) is 7.71. The molecule has 0 amide bonds. The van der Waals surface area contributed by atoms with Gasteiger partial charge in [-0.1, -0.05) is 24.3 Å². The maximum Gasteiger partial charge on any atom is 0.218 e. The second-order valence-electron chi connectivity index (χ2n) is 4.36. The molecule has 1 aromatic rings. The lowest BCUT2D eigenvalue weighted by Gasteiger charge is -2.29. The van der Waals surface area contributed by atoms with Crippen molar-refractivity contribution in [3.8, 4) is 0 Å². The minimum Gasteiger partial charge on any atom is -0.212 e. The van der Waals surface area contributed by atoms with Crippen LogP contribution in [0.1, 0.15) is 18.1 Å². The van der Waals surface area contributed by atoms with E-state index in [2.05, 4.69) is 6.07 Å². The Hall–Kier alpha value is -0.580. The van der Waals surface area contributed by atoms with Crippen molar-refractivity contribution in [2.75, 3.05) is 12.4 Å². The Kier molecular flexibility index (Phi) is 3.76. The van der Waals surface area contributed by atoms with Gasteiger partial charge in [-0.15, -0.1) is 11.6 Å². The smallest absolute Gasteiger partial charge is 0.212 e. The number of rotatable bonds is 3. The summed E-state index contributed by atoms with van der Waals surface area (Å²) in [4.78, 5) is 0. The Labute approximate surface area is 107 Å². The molecule has 2 rings (SSSR count). The summed E-state index contributed by atoms with van der Waals surface area (Å²) in [5.41, 5.74) is 2.35. The number of benzene rings is 1. The normalized spacial score (nSPS) is 18.7. The molecule has 0 N–H and O–H groups in total. The van der Waals surface area contributed by atoms with Crippen LogP contribution in [0.5, 0.6) is 0 Å². The van der Waals surface area contributed by atoms with E-state index < -0.39 is 15.3 Å². The summed E-state index contributed by atoms with van der Waals surface area (Å²) in [7, 11) is -3.25. The lowest BCUT2D eigenvalue weighted by Crippen LogP contribution is -2.41. The highest BCUT2D eigenvalue weighted by Gasteiger charge is 2.30. The van der Waals surface area contributed by atoms with Gasteiger partial charge in [0, 0.05) is 19.0 Å². The van der Waals surface area contributed by atoms with Crippen molar-refractivity contribution in [3.05, 3.63) is 35.4 Å². The predicted octanol–water partition coefficient (Wildman–Crippen LogP) is 2.00. The quantitative estimate of drug-likeness (QED) is 0.790. The molecule has 0 fully saturated rings. The van der Waals surface area contributed by atoms with Gasteiger partial charge in [0.25, 0.3) is 0 Å². The third-order valence-corrected chi connectivity index (χ3v) is 6.04. The van der Waals surface area contributed by atoms with Crippen molar-refractivity contribution in [3.63, 3.8) is 0 Å². The monoisotopic (exact) mass is 273 g/mol. The Morgan fingerprint density at radius 3 is 2.65 bits per heavy atom. The van der Waals surface area contributed by atoms with Gasteiger partial charge in [-0.2, -0.15) is 4.31 Å². The molecule has 0 saturated carbocycles. The SMILES string of the molecule is CC(CCl)S(=O)(=O)N1CCc2ccccc2C1. The van der Waals surface area contributed by atoms with Crippen molar-refractivity contribution >= 4 is 21.6 Å². The summed E-state index contributed by atoms with van der Waals surface area (Å²) >= 11 is 5.65. The molecule has 0 aromatic heterocycles. The summed E-state index contributed by atoms with van der Waals surface area (Å²) in [5.74, 6) is 0.139. The molecule has 0 bridgehead atoms. The summed E-state index contributed by atoms with van der Waals surface area (Å²) in [5, 5.41) is -0.519. The predicted molar refractivity (Wildman–Crippen MR) is 69.7 cm³/mol. The number of hydrogen-bond acceptors (Lipinski definition) is 2. The van der Waals surface area contributed by atoms with E-state index in [1.807, 2.05) is 18.2 Å². The second-order valence-corrected chi connectivity index (χ2v) is 7.02. The molecule has 1 heterocycles. The number of halogens is 1. The average Bonchev–Trinajstić information content (AvgIpc) is 2.37. The molecule has 0 spiro atoms. The van der Waals surface area contributed by atoms with E-state index in [9.17, 15) is 8.42 Å². The Morgan fingerprint density at radius 2 is 2.00 bits per heavy atom. The van der Waals surface area contributed by atoms with Crippen molar-refractivity contribution in [1.29, 1.82) is 0 Å². The average molecular weight is 274 g/mol. The highest BCUT2D eigenvalue weighted by Crippen LogP contribution is 2.22. The van der Waals surface area contributed by atoms with Crippen LogP contribution in [0.4, 0.5) is 0 Å². The number of alkyl halides is 1. The summed E-state index contributed by atoms with van der Waals surface area (Å²) in [6, 6.07) is 7.98. The maximum atomic E-state index is 12.2. The highest BCUT2D eigenvalue weighted by molar-refractivity contribution is 7.89. The molecule has 5 heteroatoms. The van der Waals surface area contributed by atoms with Crippen LogP contribution in [0.3, 0.4) is 0 Å². The molecule has 1 aliphatic rings. The number of fused-ring (bicyclic) bond motifs is 1. The molecule has 1 unspecified atom stereocenters. The Morgan fingerprint density at radius 1 is 1.35 bits per heavy atom. The highest BCUT2D eigenvalue weighted by atomic mass is 35.5. The molecule has 1 aliphatic heterocycles. The zero-order chi connectivity index (χ0) is 12.5. The van der Waals surface area contributed by atoms with E-state index in [4.69, 9.17) is 11.6 Å². The zero-order valence-electron chi connectivity index (χ0n) is 9.77.